The van der Waals surface area contributed by atoms with E-state index < -0.39 is 5.92 Å². The van der Waals surface area contributed by atoms with E-state index in [1.807, 2.05) is 13.0 Å². The van der Waals surface area contributed by atoms with Crippen LogP contribution in [-0.4, -0.2) is 26.2 Å². The summed E-state index contributed by atoms with van der Waals surface area (Å²) in [5.41, 5.74) is 1.20. The Balaban J connectivity index is 2.83. The fourth-order valence-corrected chi connectivity index (χ4v) is 2.16. The van der Waals surface area contributed by atoms with Crippen LogP contribution in [0.15, 0.2) is 11.6 Å². The number of hydrogen-bond acceptors (Lipinski definition) is 4. The van der Waals surface area contributed by atoms with Crippen LogP contribution in [0.3, 0.4) is 0 Å². The molecule has 90 valence electrons. The van der Waals surface area contributed by atoms with Crippen molar-refractivity contribution >= 4 is 11.9 Å². The van der Waals surface area contributed by atoms with Crippen LogP contribution >= 0.6 is 0 Å². The van der Waals surface area contributed by atoms with Gasteiger partial charge >= 0.3 is 11.9 Å². The summed E-state index contributed by atoms with van der Waals surface area (Å²) in [6.07, 6.45) is 4.11. The second-order valence-corrected chi connectivity index (χ2v) is 3.95. The zero-order chi connectivity index (χ0) is 12.1. The van der Waals surface area contributed by atoms with Gasteiger partial charge in [-0.05, 0) is 26.2 Å². The lowest BCUT2D eigenvalue weighted by molar-refractivity contribution is -0.158. The number of carbonyl (C=O) groups excluding carboxylic acids is 2. The van der Waals surface area contributed by atoms with Crippen LogP contribution in [0.25, 0.3) is 0 Å². The molecule has 1 saturated carbocycles. The maximum Gasteiger partial charge on any atom is 0.309 e. The van der Waals surface area contributed by atoms with Crippen molar-refractivity contribution < 1.29 is 19.1 Å². The fourth-order valence-electron chi connectivity index (χ4n) is 2.16. The van der Waals surface area contributed by atoms with Gasteiger partial charge in [-0.25, -0.2) is 0 Å². The summed E-state index contributed by atoms with van der Waals surface area (Å²) in [7, 11) is 2.70. The van der Waals surface area contributed by atoms with Crippen LogP contribution in [0.2, 0.25) is 0 Å². The maximum atomic E-state index is 11.6. The maximum absolute atomic E-state index is 11.6. The molecule has 1 rings (SSSR count). The Kier molecular flexibility index (Phi) is 4.52. The van der Waals surface area contributed by atoms with Crippen LogP contribution in [0.4, 0.5) is 0 Å². The Labute approximate surface area is 95.6 Å². The van der Waals surface area contributed by atoms with Gasteiger partial charge in [0.05, 0.1) is 26.1 Å². The summed E-state index contributed by atoms with van der Waals surface area (Å²) in [5.74, 6) is -1.39. The first-order valence-corrected chi connectivity index (χ1v) is 5.43. The lowest BCUT2D eigenvalue weighted by Gasteiger charge is -2.29. The number of hydrogen-bond donors (Lipinski definition) is 0. The molecule has 0 aromatic heterocycles. The predicted molar refractivity (Wildman–Crippen MR) is 58.6 cm³/mol. The third-order valence-electron chi connectivity index (χ3n) is 3.16. The predicted octanol–water partition coefficient (Wildman–Crippen LogP) is 1.70. The molecule has 2 atom stereocenters. The molecular formula is C12H18O4. The normalized spacial score (nSPS) is 27.6. The average molecular weight is 226 g/mol. The molecule has 0 aromatic carbocycles. The van der Waals surface area contributed by atoms with Crippen molar-refractivity contribution in [3.63, 3.8) is 0 Å². The molecule has 0 aromatic rings. The zero-order valence-electron chi connectivity index (χ0n) is 9.99. The van der Waals surface area contributed by atoms with Gasteiger partial charge in [0.15, 0.2) is 0 Å². The summed E-state index contributed by atoms with van der Waals surface area (Å²) >= 11 is 0. The van der Waals surface area contributed by atoms with Gasteiger partial charge in [0.1, 0.15) is 0 Å². The molecule has 0 aliphatic heterocycles. The Hall–Kier alpha value is -1.32. The summed E-state index contributed by atoms with van der Waals surface area (Å²) in [5, 5.41) is 0. The van der Waals surface area contributed by atoms with Gasteiger partial charge in [0.25, 0.3) is 0 Å². The van der Waals surface area contributed by atoms with Crippen molar-refractivity contribution in [1.82, 2.24) is 0 Å². The van der Waals surface area contributed by atoms with Gasteiger partial charge in [-0.15, -0.1) is 0 Å². The first-order valence-electron chi connectivity index (χ1n) is 5.43. The van der Waals surface area contributed by atoms with Crippen molar-refractivity contribution in [1.29, 1.82) is 0 Å². The number of methoxy groups -OCH3 is 2. The number of esters is 2. The first-order chi connectivity index (χ1) is 7.63. The third-order valence-corrected chi connectivity index (χ3v) is 3.16. The van der Waals surface area contributed by atoms with E-state index in [2.05, 4.69) is 0 Å². The summed E-state index contributed by atoms with van der Waals surface area (Å²) < 4.78 is 9.45. The molecule has 0 radical (unpaired) electrons. The molecule has 1 aliphatic rings. The van der Waals surface area contributed by atoms with Crippen LogP contribution < -0.4 is 0 Å². The Morgan fingerprint density at radius 3 is 2.25 bits per heavy atom. The van der Waals surface area contributed by atoms with Crippen LogP contribution in [-0.2, 0) is 19.1 Å². The molecule has 4 heteroatoms. The largest absolute Gasteiger partial charge is 0.469 e. The highest BCUT2D eigenvalue weighted by Crippen LogP contribution is 2.34. The van der Waals surface area contributed by atoms with Gasteiger partial charge in [-0.3, -0.25) is 9.59 Å². The smallest absolute Gasteiger partial charge is 0.309 e. The molecule has 0 saturated heterocycles. The van der Waals surface area contributed by atoms with E-state index >= 15 is 0 Å². The van der Waals surface area contributed by atoms with Crippen molar-refractivity contribution in [3.8, 4) is 0 Å². The van der Waals surface area contributed by atoms with Crippen molar-refractivity contribution in [2.75, 3.05) is 14.2 Å². The van der Waals surface area contributed by atoms with Crippen molar-refractivity contribution in [2.45, 2.75) is 26.2 Å². The lowest BCUT2D eigenvalue weighted by Crippen LogP contribution is -2.34. The fraction of sp³-hybridized carbons (Fsp3) is 0.667. The van der Waals surface area contributed by atoms with E-state index in [4.69, 9.17) is 9.47 Å². The molecule has 0 N–H and O–H groups in total. The van der Waals surface area contributed by atoms with Crippen molar-refractivity contribution in [3.05, 3.63) is 11.6 Å². The Morgan fingerprint density at radius 1 is 1.19 bits per heavy atom. The van der Waals surface area contributed by atoms with Gasteiger partial charge in [0.2, 0.25) is 0 Å². The first kappa shape index (κ1) is 12.7. The minimum atomic E-state index is -0.391. The van der Waals surface area contributed by atoms with Crippen LogP contribution in [0.1, 0.15) is 26.2 Å². The van der Waals surface area contributed by atoms with Gasteiger partial charge in [-0.1, -0.05) is 11.6 Å². The SMILES string of the molecule is CC=C1CC[C@@H](C(=O)OC)[C@H](C(=O)OC)C1. The van der Waals surface area contributed by atoms with E-state index in [0.717, 1.165) is 6.42 Å². The molecule has 0 amide bonds. The minimum Gasteiger partial charge on any atom is -0.469 e. The zero-order valence-corrected chi connectivity index (χ0v) is 9.99. The highest BCUT2D eigenvalue weighted by atomic mass is 16.5. The molecule has 16 heavy (non-hydrogen) atoms. The summed E-state index contributed by atoms with van der Waals surface area (Å²) in [6, 6.07) is 0. The Morgan fingerprint density at radius 2 is 1.75 bits per heavy atom. The van der Waals surface area contributed by atoms with Crippen LogP contribution in [0.5, 0.6) is 0 Å². The summed E-state index contributed by atoms with van der Waals surface area (Å²) in [6.45, 7) is 1.95. The van der Waals surface area contributed by atoms with Gasteiger partial charge in [-0.2, -0.15) is 0 Å². The number of ether oxygens (including phenoxy) is 2. The van der Waals surface area contributed by atoms with E-state index in [-0.39, 0.29) is 17.9 Å². The second-order valence-electron chi connectivity index (χ2n) is 3.95. The summed E-state index contributed by atoms with van der Waals surface area (Å²) in [4.78, 5) is 23.1. The van der Waals surface area contributed by atoms with Crippen molar-refractivity contribution in [2.24, 2.45) is 11.8 Å². The molecule has 0 bridgehead atoms. The van der Waals surface area contributed by atoms with E-state index in [1.165, 1.54) is 19.8 Å². The van der Waals surface area contributed by atoms with Gasteiger partial charge < -0.3 is 9.47 Å². The van der Waals surface area contributed by atoms with E-state index in [1.54, 1.807) is 0 Å². The number of carbonyl (C=O) groups is 2. The Bertz CT molecular complexity index is 306. The molecule has 4 nitrogen and oxygen atoms in total. The highest BCUT2D eigenvalue weighted by molar-refractivity contribution is 5.82. The average Bonchev–Trinajstić information content (AvgIpc) is 2.36. The monoisotopic (exact) mass is 226 g/mol. The van der Waals surface area contributed by atoms with E-state index in [9.17, 15) is 9.59 Å². The molecular weight excluding hydrogens is 208 g/mol. The van der Waals surface area contributed by atoms with E-state index in [0.29, 0.717) is 12.8 Å². The lowest BCUT2D eigenvalue weighted by atomic mass is 9.76. The standard InChI is InChI=1S/C12H18O4/c1-4-8-5-6-9(11(13)15-2)10(7-8)12(14)16-3/h4,9-10H,5-7H2,1-3H3/t9-,10-/m1/s1. The number of rotatable bonds is 2. The molecule has 0 unspecified atom stereocenters. The highest BCUT2D eigenvalue weighted by Gasteiger charge is 2.38. The molecule has 1 aliphatic carbocycles. The van der Waals surface area contributed by atoms with Gasteiger partial charge in [0, 0.05) is 0 Å². The minimum absolute atomic E-state index is 0.314. The number of allylic oxidation sites excluding steroid dienone is 2. The molecule has 0 spiro atoms. The van der Waals surface area contributed by atoms with Crippen LogP contribution in [0, 0.1) is 11.8 Å². The molecule has 1 fully saturated rings. The third kappa shape index (κ3) is 2.62. The topological polar surface area (TPSA) is 52.6 Å². The molecule has 0 heterocycles. The quantitative estimate of drug-likeness (QED) is 0.531. The second kappa shape index (κ2) is 5.68.